The van der Waals surface area contributed by atoms with Crippen LogP contribution in [0.25, 0.3) is 0 Å². The Kier molecular flexibility index (Phi) is 2.48. The van der Waals surface area contributed by atoms with Crippen LogP contribution in [0.1, 0.15) is 23.5 Å². The summed E-state index contributed by atoms with van der Waals surface area (Å²) in [6.45, 7) is -1.03. The van der Waals surface area contributed by atoms with Gasteiger partial charge in [-0.1, -0.05) is 24.3 Å². The van der Waals surface area contributed by atoms with Crippen molar-refractivity contribution >= 4 is 5.97 Å². The third-order valence-electron chi connectivity index (χ3n) is 2.61. The Balaban J connectivity index is 2.21. The Hall–Kier alpha value is -1.38. The highest BCUT2D eigenvalue weighted by Gasteiger charge is 2.29. The van der Waals surface area contributed by atoms with Crippen molar-refractivity contribution in [2.45, 2.75) is 18.8 Å². The Bertz CT molecular complexity index is 349. The number of halogens is 1. The zero-order valence-electron chi connectivity index (χ0n) is 7.70. The van der Waals surface area contributed by atoms with Crippen LogP contribution in [0.5, 0.6) is 0 Å². The Morgan fingerprint density at radius 1 is 1.50 bits per heavy atom. The van der Waals surface area contributed by atoms with E-state index in [1.54, 1.807) is 0 Å². The van der Waals surface area contributed by atoms with Crippen molar-refractivity contribution in [3.63, 3.8) is 0 Å². The van der Waals surface area contributed by atoms with Crippen LogP contribution in [0.2, 0.25) is 0 Å². The third-order valence-corrected chi connectivity index (χ3v) is 2.61. The maximum Gasteiger partial charge on any atom is 0.315 e. The summed E-state index contributed by atoms with van der Waals surface area (Å²) in [5.41, 5.74) is 2.17. The first-order chi connectivity index (χ1) is 6.83. The van der Waals surface area contributed by atoms with Crippen molar-refractivity contribution in [1.29, 1.82) is 0 Å². The zero-order chi connectivity index (χ0) is 9.97. The molecule has 2 nitrogen and oxygen atoms in total. The van der Waals surface area contributed by atoms with E-state index in [0.717, 1.165) is 18.4 Å². The zero-order valence-corrected chi connectivity index (χ0v) is 7.70. The molecular formula is C11H11FO2. The molecule has 0 N–H and O–H groups in total. The summed E-state index contributed by atoms with van der Waals surface area (Å²) in [5.74, 6) is -0.709. The third kappa shape index (κ3) is 1.50. The van der Waals surface area contributed by atoms with Crippen molar-refractivity contribution in [3.05, 3.63) is 35.4 Å². The lowest BCUT2D eigenvalue weighted by Crippen LogP contribution is -2.12. The molecule has 1 aromatic carbocycles. The fourth-order valence-corrected chi connectivity index (χ4v) is 1.96. The molecule has 1 aromatic rings. The minimum absolute atomic E-state index is 0.262. The van der Waals surface area contributed by atoms with Crippen LogP contribution in [-0.4, -0.2) is 12.8 Å². The van der Waals surface area contributed by atoms with E-state index in [2.05, 4.69) is 4.74 Å². The fraction of sp³-hybridized carbons (Fsp3) is 0.364. The van der Waals surface area contributed by atoms with Crippen LogP contribution in [0.4, 0.5) is 4.39 Å². The average molecular weight is 194 g/mol. The maximum absolute atomic E-state index is 11.8. The lowest BCUT2D eigenvalue weighted by Gasteiger charge is -2.08. The number of esters is 1. The smallest absolute Gasteiger partial charge is 0.315 e. The van der Waals surface area contributed by atoms with E-state index in [4.69, 9.17) is 0 Å². The molecule has 0 aromatic heterocycles. The molecule has 0 saturated heterocycles. The van der Waals surface area contributed by atoms with E-state index in [1.165, 1.54) is 5.56 Å². The first-order valence-electron chi connectivity index (χ1n) is 4.63. The van der Waals surface area contributed by atoms with E-state index in [0.29, 0.717) is 0 Å². The van der Waals surface area contributed by atoms with E-state index in [-0.39, 0.29) is 5.92 Å². The van der Waals surface area contributed by atoms with Crippen LogP contribution >= 0.6 is 0 Å². The second kappa shape index (κ2) is 3.78. The molecule has 0 bridgehead atoms. The number of rotatable bonds is 2. The molecule has 0 aliphatic heterocycles. The van der Waals surface area contributed by atoms with E-state index in [1.807, 2.05) is 24.3 Å². The van der Waals surface area contributed by atoms with Gasteiger partial charge in [0.25, 0.3) is 0 Å². The number of aryl methyl sites for hydroxylation is 1. The molecule has 0 amide bonds. The molecular weight excluding hydrogens is 183 g/mol. The second-order valence-electron chi connectivity index (χ2n) is 3.36. The molecule has 2 rings (SSSR count). The molecule has 0 heterocycles. The summed E-state index contributed by atoms with van der Waals surface area (Å²) < 4.78 is 16.2. The Morgan fingerprint density at radius 3 is 3.07 bits per heavy atom. The minimum atomic E-state index is -1.03. The van der Waals surface area contributed by atoms with Crippen molar-refractivity contribution < 1.29 is 13.9 Å². The Morgan fingerprint density at radius 2 is 2.29 bits per heavy atom. The number of ether oxygens (including phenoxy) is 1. The first-order valence-corrected chi connectivity index (χ1v) is 4.63. The quantitative estimate of drug-likeness (QED) is 0.674. The van der Waals surface area contributed by atoms with Crippen molar-refractivity contribution in [1.82, 2.24) is 0 Å². The molecule has 1 aliphatic rings. The monoisotopic (exact) mass is 194 g/mol. The predicted octanol–water partition coefficient (Wildman–Crippen LogP) is 2.19. The SMILES string of the molecule is O=C(OCF)C1CCc2ccccc21. The largest absolute Gasteiger partial charge is 0.433 e. The highest BCUT2D eigenvalue weighted by molar-refractivity contribution is 5.79. The summed E-state index contributed by atoms with van der Waals surface area (Å²) in [5, 5.41) is 0. The number of fused-ring (bicyclic) bond motifs is 1. The number of carbonyl (C=O) groups is 1. The standard InChI is InChI=1S/C11H11FO2/c12-7-14-11(13)10-6-5-8-3-1-2-4-9(8)10/h1-4,10H,5-7H2. The fourth-order valence-electron chi connectivity index (χ4n) is 1.96. The molecule has 1 atom stereocenters. The van der Waals surface area contributed by atoms with Gasteiger partial charge in [0.2, 0.25) is 6.86 Å². The highest BCUT2D eigenvalue weighted by atomic mass is 19.1. The molecule has 0 spiro atoms. The number of carbonyl (C=O) groups excluding carboxylic acids is 1. The van der Waals surface area contributed by atoms with Crippen molar-refractivity contribution in [2.75, 3.05) is 6.86 Å². The van der Waals surface area contributed by atoms with Crippen LogP contribution in [0.15, 0.2) is 24.3 Å². The lowest BCUT2D eigenvalue weighted by molar-refractivity contribution is -0.149. The molecule has 0 fully saturated rings. The molecule has 1 unspecified atom stereocenters. The van der Waals surface area contributed by atoms with Crippen LogP contribution in [0.3, 0.4) is 0 Å². The van der Waals surface area contributed by atoms with Crippen LogP contribution < -0.4 is 0 Å². The summed E-state index contributed by atoms with van der Waals surface area (Å²) in [7, 11) is 0. The summed E-state index contributed by atoms with van der Waals surface area (Å²) >= 11 is 0. The lowest BCUT2D eigenvalue weighted by atomic mass is 10.0. The topological polar surface area (TPSA) is 26.3 Å². The second-order valence-corrected chi connectivity index (χ2v) is 3.36. The van der Waals surface area contributed by atoms with Gasteiger partial charge in [-0.3, -0.25) is 4.79 Å². The summed E-state index contributed by atoms with van der Waals surface area (Å²) in [6.07, 6.45) is 1.61. The van der Waals surface area contributed by atoms with Gasteiger partial charge in [0, 0.05) is 0 Å². The van der Waals surface area contributed by atoms with Gasteiger partial charge in [0.1, 0.15) is 0 Å². The average Bonchev–Trinajstić information content (AvgIpc) is 2.61. The number of hydrogen-bond acceptors (Lipinski definition) is 2. The van der Waals surface area contributed by atoms with Gasteiger partial charge < -0.3 is 4.74 Å². The van der Waals surface area contributed by atoms with E-state index in [9.17, 15) is 9.18 Å². The van der Waals surface area contributed by atoms with Gasteiger partial charge in [-0.15, -0.1) is 0 Å². The molecule has 74 valence electrons. The maximum atomic E-state index is 11.8. The van der Waals surface area contributed by atoms with Gasteiger partial charge in [-0.2, -0.15) is 0 Å². The summed E-state index contributed by atoms with van der Waals surface area (Å²) in [6, 6.07) is 7.74. The first kappa shape index (κ1) is 9.19. The molecule has 0 radical (unpaired) electrons. The highest BCUT2D eigenvalue weighted by Crippen LogP contribution is 2.33. The van der Waals surface area contributed by atoms with Gasteiger partial charge >= 0.3 is 5.97 Å². The number of hydrogen-bond donors (Lipinski definition) is 0. The van der Waals surface area contributed by atoms with Gasteiger partial charge in [-0.05, 0) is 24.0 Å². The van der Waals surface area contributed by atoms with Crippen LogP contribution in [-0.2, 0) is 16.0 Å². The van der Waals surface area contributed by atoms with Gasteiger partial charge in [0.05, 0.1) is 5.92 Å². The van der Waals surface area contributed by atoms with E-state index >= 15 is 0 Å². The predicted molar refractivity (Wildman–Crippen MR) is 49.6 cm³/mol. The Labute approximate surface area is 81.7 Å². The van der Waals surface area contributed by atoms with Crippen molar-refractivity contribution in [3.8, 4) is 0 Å². The van der Waals surface area contributed by atoms with Gasteiger partial charge in [0.15, 0.2) is 0 Å². The van der Waals surface area contributed by atoms with E-state index < -0.39 is 12.8 Å². The normalized spacial score (nSPS) is 19.1. The molecule has 1 aliphatic carbocycles. The minimum Gasteiger partial charge on any atom is -0.433 e. The molecule has 14 heavy (non-hydrogen) atoms. The summed E-state index contributed by atoms with van der Waals surface area (Å²) in [4.78, 5) is 11.3. The number of alkyl halides is 1. The number of benzene rings is 1. The molecule has 3 heteroatoms. The van der Waals surface area contributed by atoms with Crippen LogP contribution in [0, 0.1) is 0 Å². The van der Waals surface area contributed by atoms with Crippen molar-refractivity contribution in [2.24, 2.45) is 0 Å². The van der Waals surface area contributed by atoms with Gasteiger partial charge in [-0.25, -0.2) is 4.39 Å². The molecule has 0 saturated carbocycles.